The van der Waals surface area contributed by atoms with Crippen molar-refractivity contribution in [2.45, 2.75) is 11.8 Å². The minimum Gasteiger partial charge on any atom is -0.409 e. The Morgan fingerprint density at radius 2 is 1.71 bits per heavy atom. The van der Waals surface area contributed by atoms with E-state index in [-0.39, 0.29) is 4.90 Å². The molecule has 0 N–H and O–H groups in total. The predicted molar refractivity (Wildman–Crippen MR) is 80.2 cm³/mol. The third kappa shape index (κ3) is 2.50. The monoisotopic (exact) mass is 301 g/mol. The largest absolute Gasteiger partial charge is 0.409 e. The van der Waals surface area contributed by atoms with Crippen molar-refractivity contribution in [3.05, 3.63) is 65.3 Å². The van der Waals surface area contributed by atoms with E-state index in [1.807, 2.05) is 42.8 Å². The molecule has 0 saturated heterocycles. The molecule has 0 fully saturated rings. The molecule has 0 radical (unpaired) electrons. The molecule has 0 atom stereocenters. The topological polar surface area (TPSA) is 57.1 Å². The Morgan fingerprint density at radius 1 is 1.05 bits per heavy atom. The van der Waals surface area contributed by atoms with Crippen LogP contribution in [0.4, 0.5) is 0 Å². The van der Waals surface area contributed by atoms with Crippen LogP contribution in [0.3, 0.4) is 0 Å². The molecule has 2 aromatic carbocycles. The van der Waals surface area contributed by atoms with Crippen molar-refractivity contribution in [2.75, 3.05) is 0 Å². The molecule has 0 bridgehead atoms. The van der Waals surface area contributed by atoms with Crippen molar-refractivity contribution < 1.29 is 13.1 Å². The van der Waals surface area contributed by atoms with Gasteiger partial charge in [0.15, 0.2) is 21.1 Å². The summed E-state index contributed by atoms with van der Waals surface area (Å²) >= 11 is 0. The number of aryl methyl sites for hydroxylation is 2. The van der Waals surface area contributed by atoms with Gasteiger partial charge in [-0.25, -0.2) is 13.0 Å². The lowest BCUT2D eigenvalue weighted by atomic mass is 10.2. The predicted octanol–water partition coefficient (Wildman–Crippen LogP) is 2.30. The van der Waals surface area contributed by atoms with Gasteiger partial charge in [-0.2, -0.15) is 0 Å². The van der Waals surface area contributed by atoms with Crippen molar-refractivity contribution in [2.24, 2.45) is 7.05 Å². The summed E-state index contributed by atoms with van der Waals surface area (Å²) in [4.78, 5) is 4.10. The van der Waals surface area contributed by atoms with Crippen molar-refractivity contribution >= 4 is 21.1 Å². The Bertz CT molecular complexity index is 896. The van der Waals surface area contributed by atoms with Gasteiger partial charge in [0.25, 0.3) is 0 Å². The third-order valence-corrected chi connectivity index (χ3v) is 4.56. The summed E-state index contributed by atoms with van der Waals surface area (Å²) in [6.07, 6.45) is 1.65. The second-order valence-corrected chi connectivity index (χ2v) is 6.51. The third-order valence-electron chi connectivity index (χ3n) is 3.31. The van der Waals surface area contributed by atoms with Gasteiger partial charge in [-0.3, -0.25) is 4.68 Å². The van der Waals surface area contributed by atoms with E-state index in [9.17, 15) is 8.42 Å². The molecule has 0 saturated carbocycles. The molecule has 6 heteroatoms. The fourth-order valence-electron chi connectivity index (χ4n) is 2.18. The summed E-state index contributed by atoms with van der Waals surface area (Å²) in [5.41, 5.74) is 2.67. The van der Waals surface area contributed by atoms with E-state index in [4.69, 9.17) is 0 Å². The van der Waals surface area contributed by atoms with Gasteiger partial charge in [0.1, 0.15) is 0 Å². The molecule has 3 aromatic rings. The van der Waals surface area contributed by atoms with Crippen LogP contribution in [0.5, 0.6) is 0 Å². The van der Waals surface area contributed by atoms with Crippen LogP contribution in [-0.2, 0) is 17.1 Å². The molecule has 0 spiro atoms. The summed E-state index contributed by atoms with van der Waals surface area (Å²) in [7, 11) is -1.88. The first-order valence-electron chi connectivity index (χ1n) is 6.48. The number of nitrogens with zero attached hydrogens (tertiary/aromatic N) is 3. The van der Waals surface area contributed by atoms with Gasteiger partial charge in [0.2, 0.25) is 6.33 Å². The molecule has 1 heterocycles. The first-order valence-corrected chi connectivity index (χ1v) is 7.92. The highest BCUT2D eigenvalue weighted by Crippen LogP contribution is 2.17. The highest BCUT2D eigenvalue weighted by Gasteiger charge is 2.12. The molecule has 1 aromatic heterocycles. The van der Waals surface area contributed by atoms with Gasteiger partial charge in [-0.05, 0) is 31.2 Å². The zero-order valence-electron chi connectivity index (χ0n) is 11.8. The van der Waals surface area contributed by atoms with Crippen LogP contribution in [0.2, 0.25) is 0 Å². The van der Waals surface area contributed by atoms with Gasteiger partial charge in [-0.15, -0.1) is 0 Å². The molecule has 3 rings (SSSR count). The lowest BCUT2D eigenvalue weighted by molar-refractivity contribution is -0.586. The van der Waals surface area contributed by atoms with E-state index in [2.05, 4.69) is 4.83 Å². The van der Waals surface area contributed by atoms with Crippen molar-refractivity contribution in [1.82, 2.24) is 4.57 Å². The van der Waals surface area contributed by atoms with Gasteiger partial charge >= 0.3 is 0 Å². The minimum atomic E-state index is -3.73. The second-order valence-electron chi connectivity index (χ2n) is 4.93. The Kier molecular flexibility index (Phi) is 3.17. The maximum atomic E-state index is 12.4. The van der Waals surface area contributed by atoms with Crippen LogP contribution >= 0.6 is 0 Å². The summed E-state index contributed by atoms with van der Waals surface area (Å²) in [5.74, 6) is 0. The standard InChI is InChI=1S/C15H15N3O2S/c1-12-7-9-13(10-8-12)21(19,20)16-18-11-17(2)14-5-3-4-6-15(14)18/h3-11H,1-2H3. The number of fused-ring (bicyclic) bond motifs is 1. The Balaban J connectivity index is 2.03. The van der Waals surface area contributed by atoms with Gasteiger partial charge in [-0.1, -0.05) is 29.8 Å². The molecule has 0 aliphatic heterocycles. The van der Waals surface area contributed by atoms with E-state index >= 15 is 0 Å². The van der Waals surface area contributed by atoms with Crippen LogP contribution in [0, 0.1) is 6.92 Å². The molecule has 0 unspecified atom stereocenters. The van der Waals surface area contributed by atoms with Crippen LogP contribution in [0.25, 0.3) is 15.9 Å². The number of benzene rings is 2. The first kappa shape index (κ1) is 13.6. The lowest BCUT2D eigenvalue weighted by Crippen LogP contribution is -2.30. The maximum absolute atomic E-state index is 12.4. The highest BCUT2D eigenvalue weighted by atomic mass is 32.2. The number of hydrogen-bond acceptors (Lipinski definition) is 2. The molecule has 108 valence electrons. The summed E-state index contributed by atoms with van der Waals surface area (Å²) in [5, 5.41) is 0. The van der Waals surface area contributed by atoms with E-state index in [0.717, 1.165) is 16.6 Å². The van der Waals surface area contributed by atoms with Crippen LogP contribution in [-0.4, -0.2) is 13.0 Å². The lowest BCUT2D eigenvalue weighted by Gasteiger charge is -2.17. The summed E-state index contributed by atoms with van der Waals surface area (Å²) in [6, 6.07) is 14.2. The highest BCUT2D eigenvalue weighted by molar-refractivity contribution is 7.93. The number of sulfonamides is 1. The SMILES string of the molecule is Cc1ccc(S(=O)(=O)[N-][n+]2cn(C)c3ccccc32)cc1. The summed E-state index contributed by atoms with van der Waals surface area (Å²) in [6.45, 7) is 1.91. The van der Waals surface area contributed by atoms with Gasteiger partial charge in [0, 0.05) is 0 Å². The fourth-order valence-corrected chi connectivity index (χ4v) is 3.12. The normalized spacial score (nSPS) is 11.7. The maximum Gasteiger partial charge on any atom is 0.235 e. The number of hydrogen-bond donors (Lipinski definition) is 0. The van der Waals surface area contributed by atoms with Crippen molar-refractivity contribution in [3.8, 4) is 0 Å². The van der Waals surface area contributed by atoms with E-state index < -0.39 is 10.0 Å². The molecule has 5 nitrogen and oxygen atoms in total. The number of rotatable bonds is 3. The number of imidazole rings is 1. The number of para-hydroxylation sites is 2. The van der Waals surface area contributed by atoms with Crippen molar-refractivity contribution in [3.63, 3.8) is 0 Å². The number of aromatic nitrogens is 2. The zero-order valence-corrected chi connectivity index (χ0v) is 12.6. The minimum absolute atomic E-state index is 0.188. The zero-order chi connectivity index (χ0) is 15.0. The molecule has 21 heavy (non-hydrogen) atoms. The molecule has 0 amide bonds. The van der Waals surface area contributed by atoms with E-state index in [0.29, 0.717) is 0 Å². The molecule has 0 aliphatic carbocycles. The van der Waals surface area contributed by atoms with Crippen molar-refractivity contribution in [1.29, 1.82) is 0 Å². The Labute approximate surface area is 123 Å². The van der Waals surface area contributed by atoms with E-state index in [1.54, 1.807) is 30.6 Å². The average Bonchev–Trinajstić information content (AvgIpc) is 2.76. The Hall–Kier alpha value is -2.34. The summed E-state index contributed by atoms with van der Waals surface area (Å²) < 4.78 is 28.0. The molecule has 0 aliphatic rings. The van der Waals surface area contributed by atoms with Crippen LogP contribution < -0.4 is 4.68 Å². The van der Waals surface area contributed by atoms with Gasteiger partial charge in [0.05, 0.1) is 11.9 Å². The van der Waals surface area contributed by atoms with Crippen LogP contribution in [0.1, 0.15) is 5.56 Å². The Morgan fingerprint density at radius 3 is 2.43 bits per heavy atom. The van der Waals surface area contributed by atoms with Crippen LogP contribution in [0.15, 0.2) is 59.8 Å². The average molecular weight is 301 g/mol. The van der Waals surface area contributed by atoms with Gasteiger partial charge < -0.3 is 4.83 Å². The first-order chi connectivity index (χ1) is 9.97. The second kappa shape index (κ2) is 4.89. The quantitative estimate of drug-likeness (QED) is 0.697. The molecular weight excluding hydrogens is 286 g/mol. The van der Waals surface area contributed by atoms with E-state index in [1.165, 1.54) is 4.68 Å². The smallest absolute Gasteiger partial charge is 0.235 e. The fraction of sp³-hybridized carbons (Fsp3) is 0.133. The molecular formula is C15H15N3O2S.